The van der Waals surface area contributed by atoms with E-state index in [4.69, 9.17) is 9.84 Å². The largest absolute Gasteiger partial charge is 0.478 e. The molecule has 3 rings (SSSR count). The molecule has 0 aliphatic heterocycles. The molecule has 8 nitrogen and oxygen atoms in total. The number of nitro benzene ring substituents is 1. The zero-order valence-corrected chi connectivity index (χ0v) is 12.5. The van der Waals surface area contributed by atoms with Gasteiger partial charge < -0.3 is 9.84 Å². The summed E-state index contributed by atoms with van der Waals surface area (Å²) in [6, 6.07) is 8.67. The lowest BCUT2D eigenvalue weighted by molar-refractivity contribution is -0.384. The monoisotopic (exact) mass is 325 g/mol. The van der Waals surface area contributed by atoms with Crippen LogP contribution < -0.4 is 4.74 Å². The summed E-state index contributed by atoms with van der Waals surface area (Å²) in [7, 11) is 0. The van der Waals surface area contributed by atoms with Gasteiger partial charge >= 0.3 is 5.97 Å². The molecule has 0 saturated heterocycles. The zero-order chi connectivity index (χ0) is 17.3. The van der Waals surface area contributed by atoms with E-state index in [2.05, 4.69) is 9.97 Å². The van der Waals surface area contributed by atoms with Crippen LogP contribution in [0.1, 0.15) is 15.9 Å². The Morgan fingerprint density at radius 3 is 2.71 bits per heavy atom. The number of carbonyl (C=O) groups is 1. The smallest absolute Gasteiger partial charge is 0.335 e. The average Bonchev–Trinajstić information content (AvgIpc) is 2.56. The van der Waals surface area contributed by atoms with Crippen LogP contribution in [0.3, 0.4) is 0 Å². The molecule has 8 heteroatoms. The summed E-state index contributed by atoms with van der Waals surface area (Å²) in [6.45, 7) is 1.77. The van der Waals surface area contributed by atoms with Gasteiger partial charge in [0, 0.05) is 12.1 Å². The molecule has 1 aromatic heterocycles. The Kier molecular flexibility index (Phi) is 3.78. The molecule has 0 atom stereocenters. The molecule has 3 aromatic rings. The Morgan fingerprint density at radius 2 is 2.00 bits per heavy atom. The summed E-state index contributed by atoms with van der Waals surface area (Å²) in [6.07, 6.45) is 1.23. The van der Waals surface area contributed by atoms with Crippen molar-refractivity contribution in [3.05, 3.63) is 64.0 Å². The fraction of sp³-hybridized carbons (Fsp3) is 0.0625. The molecule has 0 radical (unpaired) electrons. The van der Waals surface area contributed by atoms with E-state index >= 15 is 0 Å². The van der Waals surface area contributed by atoms with E-state index in [1.807, 2.05) is 0 Å². The minimum Gasteiger partial charge on any atom is -0.478 e. The van der Waals surface area contributed by atoms with Crippen LogP contribution in [-0.4, -0.2) is 26.0 Å². The maximum absolute atomic E-state index is 11.1. The van der Waals surface area contributed by atoms with Gasteiger partial charge in [0.15, 0.2) is 0 Å². The van der Waals surface area contributed by atoms with Gasteiger partial charge in [-0.2, -0.15) is 0 Å². The maximum Gasteiger partial charge on any atom is 0.335 e. The van der Waals surface area contributed by atoms with Gasteiger partial charge in [-0.3, -0.25) is 10.1 Å². The van der Waals surface area contributed by atoms with E-state index in [0.29, 0.717) is 16.7 Å². The van der Waals surface area contributed by atoms with Crippen LogP contribution in [0.4, 0.5) is 5.69 Å². The van der Waals surface area contributed by atoms with Crippen LogP contribution in [-0.2, 0) is 0 Å². The number of aryl methyl sites for hydroxylation is 1. The number of nitro groups is 1. The van der Waals surface area contributed by atoms with Crippen molar-refractivity contribution in [3.8, 4) is 11.6 Å². The van der Waals surface area contributed by atoms with Crippen LogP contribution >= 0.6 is 0 Å². The van der Waals surface area contributed by atoms with Crippen LogP contribution in [0.25, 0.3) is 10.9 Å². The number of aromatic carboxylic acids is 1. The highest BCUT2D eigenvalue weighted by Gasteiger charge is 2.13. The maximum atomic E-state index is 11.1. The summed E-state index contributed by atoms with van der Waals surface area (Å²) < 4.78 is 5.73. The fourth-order valence-electron chi connectivity index (χ4n) is 2.16. The first kappa shape index (κ1) is 15.3. The number of hydrogen-bond acceptors (Lipinski definition) is 6. The fourth-order valence-corrected chi connectivity index (χ4v) is 2.16. The van der Waals surface area contributed by atoms with Gasteiger partial charge in [-0.1, -0.05) is 6.07 Å². The lowest BCUT2D eigenvalue weighted by Crippen LogP contribution is -1.99. The highest BCUT2D eigenvalue weighted by Crippen LogP contribution is 2.30. The number of ether oxygens (including phenoxy) is 1. The normalized spacial score (nSPS) is 10.5. The van der Waals surface area contributed by atoms with Gasteiger partial charge in [0.25, 0.3) is 5.69 Å². The molecule has 1 N–H and O–H groups in total. The third kappa shape index (κ3) is 2.84. The molecule has 0 aliphatic rings. The van der Waals surface area contributed by atoms with Crippen LogP contribution in [0.15, 0.2) is 42.7 Å². The lowest BCUT2D eigenvalue weighted by atomic mass is 10.1. The topological polar surface area (TPSA) is 115 Å². The summed E-state index contributed by atoms with van der Waals surface area (Å²) in [5.41, 5.74) is 1.09. The molecule has 1 heterocycles. The number of nitrogens with zero attached hydrogens (tertiary/aromatic N) is 3. The van der Waals surface area contributed by atoms with Crippen molar-refractivity contribution in [2.24, 2.45) is 0 Å². The molecular weight excluding hydrogens is 314 g/mol. The number of carboxylic acids is 1. The molecule has 0 amide bonds. The molecule has 120 valence electrons. The Hall–Kier alpha value is -3.55. The van der Waals surface area contributed by atoms with Gasteiger partial charge in [-0.25, -0.2) is 14.8 Å². The molecule has 0 fully saturated rings. The molecule has 0 bridgehead atoms. The van der Waals surface area contributed by atoms with E-state index in [9.17, 15) is 14.9 Å². The van der Waals surface area contributed by atoms with Crippen molar-refractivity contribution in [2.75, 3.05) is 0 Å². The summed E-state index contributed by atoms with van der Waals surface area (Å²) in [4.78, 5) is 29.5. The number of non-ortho nitro benzene ring substituents is 1. The van der Waals surface area contributed by atoms with Crippen molar-refractivity contribution < 1.29 is 19.6 Å². The number of fused-ring (bicyclic) bond motifs is 1. The molecule has 2 aromatic carbocycles. The van der Waals surface area contributed by atoms with Gasteiger partial charge in [-0.15, -0.1) is 0 Å². The Labute approximate surface area is 135 Å². The third-order valence-electron chi connectivity index (χ3n) is 3.44. The van der Waals surface area contributed by atoms with Crippen LogP contribution in [0.2, 0.25) is 0 Å². The SMILES string of the molecule is Cc1ccc(C(=O)O)cc1Oc1ncnc2cc([N+](=O)[O-])ccc12. The predicted molar refractivity (Wildman–Crippen MR) is 84.4 cm³/mol. The lowest BCUT2D eigenvalue weighted by Gasteiger charge is -2.10. The van der Waals surface area contributed by atoms with Crippen LogP contribution in [0, 0.1) is 17.0 Å². The first-order valence-electron chi connectivity index (χ1n) is 6.86. The number of carboxylic acid groups (broad SMARTS) is 1. The quantitative estimate of drug-likeness (QED) is 0.577. The minimum atomic E-state index is -1.07. The Morgan fingerprint density at radius 1 is 1.21 bits per heavy atom. The molecule has 0 saturated carbocycles. The van der Waals surface area contributed by atoms with Gasteiger partial charge in [0.05, 0.1) is 21.4 Å². The van der Waals surface area contributed by atoms with Gasteiger partial charge in [0.2, 0.25) is 5.88 Å². The van der Waals surface area contributed by atoms with E-state index in [1.165, 1.54) is 36.7 Å². The Balaban J connectivity index is 2.06. The predicted octanol–water partition coefficient (Wildman–Crippen LogP) is 3.34. The molecule has 0 spiro atoms. The number of aromatic nitrogens is 2. The van der Waals surface area contributed by atoms with Crippen molar-refractivity contribution in [1.82, 2.24) is 9.97 Å². The molecule has 0 unspecified atom stereocenters. The highest BCUT2D eigenvalue weighted by atomic mass is 16.6. The minimum absolute atomic E-state index is 0.0868. The summed E-state index contributed by atoms with van der Waals surface area (Å²) >= 11 is 0. The molecule has 0 aliphatic carbocycles. The summed E-state index contributed by atoms with van der Waals surface area (Å²) in [5.74, 6) is -0.531. The van der Waals surface area contributed by atoms with Gasteiger partial charge in [-0.05, 0) is 30.7 Å². The van der Waals surface area contributed by atoms with Gasteiger partial charge in [0.1, 0.15) is 12.1 Å². The molecule has 24 heavy (non-hydrogen) atoms. The second-order valence-corrected chi connectivity index (χ2v) is 5.02. The van der Waals surface area contributed by atoms with E-state index in [0.717, 1.165) is 5.56 Å². The van der Waals surface area contributed by atoms with E-state index < -0.39 is 10.9 Å². The van der Waals surface area contributed by atoms with Crippen molar-refractivity contribution >= 4 is 22.6 Å². The second kappa shape index (κ2) is 5.92. The number of hydrogen-bond donors (Lipinski definition) is 1. The number of rotatable bonds is 4. The first-order valence-corrected chi connectivity index (χ1v) is 6.86. The summed E-state index contributed by atoms with van der Waals surface area (Å²) in [5, 5.41) is 20.4. The highest BCUT2D eigenvalue weighted by molar-refractivity contribution is 5.88. The van der Waals surface area contributed by atoms with Crippen molar-refractivity contribution in [3.63, 3.8) is 0 Å². The second-order valence-electron chi connectivity index (χ2n) is 5.02. The van der Waals surface area contributed by atoms with Crippen molar-refractivity contribution in [1.29, 1.82) is 0 Å². The van der Waals surface area contributed by atoms with E-state index in [1.54, 1.807) is 13.0 Å². The first-order chi connectivity index (χ1) is 11.5. The average molecular weight is 325 g/mol. The van der Waals surface area contributed by atoms with Crippen molar-refractivity contribution in [2.45, 2.75) is 6.92 Å². The third-order valence-corrected chi connectivity index (χ3v) is 3.44. The molecular formula is C16H11N3O5. The standard InChI is InChI=1S/C16H11N3O5/c1-9-2-3-10(16(20)21)6-14(9)24-15-12-5-4-11(19(22)23)7-13(12)17-8-18-15/h2-8H,1H3,(H,20,21). The number of benzene rings is 2. The Bertz CT molecular complexity index is 971. The van der Waals surface area contributed by atoms with Crippen LogP contribution in [0.5, 0.6) is 11.6 Å². The van der Waals surface area contributed by atoms with E-state index in [-0.39, 0.29) is 17.1 Å². The zero-order valence-electron chi connectivity index (χ0n) is 12.5.